The first-order valence-corrected chi connectivity index (χ1v) is 6.21. The van der Waals surface area contributed by atoms with Crippen LogP contribution < -0.4 is 10.1 Å². The molecule has 17 heavy (non-hydrogen) atoms. The first-order valence-electron chi connectivity index (χ1n) is 6.21. The molecule has 0 spiro atoms. The van der Waals surface area contributed by atoms with Gasteiger partial charge in [-0.2, -0.15) is 0 Å². The van der Waals surface area contributed by atoms with Crippen LogP contribution in [0.5, 0.6) is 5.75 Å². The van der Waals surface area contributed by atoms with Gasteiger partial charge in [0.1, 0.15) is 11.6 Å². The maximum atomic E-state index is 13.8. The Labute approximate surface area is 103 Å². The van der Waals surface area contributed by atoms with E-state index in [0.717, 1.165) is 12.8 Å². The first kappa shape index (κ1) is 14.0. The van der Waals surface area contributed by atoms with Crippen molar-refractivity contribution >= 4 is 0 Å². The molecule has 1 unspecified atom stereocenters. The Bertz CT molecular complexity index is 350. The van der Waals surface area contributed by atoms with Gasteiger partial charge in [0.25, 0.3) is 0 Å². The summed E-state index contributed by atoms with van der Waals surface area (Å²) in [6.45, 7) is 6.26. The molecular weight excluding hydrogens is 217 g/mol. The average Bonchev–Trinajstić information content (AvgIpc) is 2.35. The molecule has 1 aromatic carbocycles. The smallest absolute Gasteiger partial charge is 0.131 e. The van der Waals surface area contributed by atoms with Gasteiger partial charge in [0.15, 0.2) is 0 Å². The van der Waals surface area contributed by atoms with Crippen molar-refractivity contribution in [1.82, 2.24) is 5.32 Å². The minimum absolute atomic E-state index is 0.0193. The van der Waals surface area contributed by atoms with Crippen LogP contribution in [-0.2, 0) is 0 Å². The van der Waals surface area contributed by atoms with Gasteiger partial charge in [0, 0.05) is 23.7 Å². The van der Waals surface area contributed by atoms with Gasteiger partial charge in [0.05, 0.1) is 7.11 Å². The number of nitrogens with one attached hydrogen (secondary N) is 1. The zero-order chi connectivity index (χ0) is 12.8. The van der Waals surface area contributed by atoms with E-state index in [9.17, 15) is 4.39 Å². The van der Waals surface area contributed by atoms with E-state index in [1.165, 1.54) is 6.07 Å². The Morgan fingerprint density at radius 1 is 1.29 bits per heavy atom. The number of benzene rings is 1. The van der Waals surface area contributed by atoms with Crippen LogP contribution in [0.1, 0.15) is 45.2 Å². The molecule has 0 aliphatic heterocycles. The molecule has 0 aliphatic rings. The standard InChI is InChI=1S/C14H22FNO/c1-5-11(6-2)16-10(3)13-8-7-12(17-4)9-14(13)15/h7-11,16H,5-6H2,1-4H3. The van der Waals surface area contributed by atoms with Gasteiger partial charge in [-0.15, -0.1) is 0 Å². The molecule has 0 saturated carbocycles. The first-order chi connectivity index (χ1) is 8.12. The highest BCUT2D eigenvalue weighted by Crippen LogP contribution is 2.22. The largest absolute Gasteiger partial charge is 0.497 e. The van der Waals surface area contributed by atoms with Gasteiger partial charge < -0.3 is 10.1 Å². The summed E-state index contributed by atoms with van der Waals surface area (Å²) in [6, 6.07) is 5.47. The molecule has 0 fully saturated rings. The molecule has 1 N–H and O–H groups in total. The van der Waals surface area contributed by atoms with Gasteiger partial charge in [-0.25, -0.2) is 4.39 Å². The van der Waals surface area contributed by atoms with Crippen molar-refractivity contribution in [2.45, 2.75) is 45.7 Å². The Kier molecular flexibility index (Phi) is 5.42. The van der Waals surface area contributed by atoms with Crippen LogP contribution >= 0.6 is 0 Å². The predicted octanol–water partition coefficient (Wildman–Crippen LogP) is 3.67. The molecule has 96 valence electrons. The summed E-state index contributed by atoms with van der Waals surface area (Å²) >= 11 is 0. The SMILES string of the molecule is CCC(CC)NC(C)c1ccc(OC)cc1F. The minimum Gasteiger partial charge on any atom is -0.497 e. The summed E-state index contributed by atoms with van der Waals surface area (Å²) in [4.78, 5) is 0. The van der Waals surface area contributed by atoms with Crippen molar-refractivity contribution in [3.8, 4) is 5.75 Å². The lowest BCUT2D eigenvalue weighted by Crippen LogP contribution is -2.30. The summed E-state index contributed by atoms with van der Waals surface area (Å²) in [5.74, 6) is 0.344. The van der Waals surface area contributed by atoms with Crippen LogP contribution in [0, 0.1) is 5.82 Å². The van der Waals surface area contributed by atoms with Crippen molar-refractivity contribution in [2.24, 2.45) is 0 Å². The van der Waals surface area contributed by atoms with Gasteiger partial charge in [-0.05, 0) is 25.8 Å². The van der Waals surface area contributed by atoms with Crippen LogP contribution in [0.3, 0.4) is 0 Å². The van der Waals surface area contributed by atoms with Gasteiger partial charge in [0.2, 0.25) is 0 Å². The molecule has 1 atom stereocenters. The molecule has 3 heteroatoms. The molecule has 0 aliphatic carbocycles. The van der Waals surface area contributed by atoms with Crippen LogP contribution in [0.25, 0.3) is 0 Å². The lowest BCUT2D eigenvalue weighted by atomic mass is 10.0. The molecule has 0 aromatic heterocycles. The highest BCUT2D eigenvalue weighted by atomic mass is 19.1. The quantitative estimate of drug-likeness (QED) is 0.817. The van der Waals surface area contributed by atoms with E-state index in [1.54, 1.807) is 19.2 Å². The van der Waals surface area contributed by atoms with Crippen LogP contribution in [-0.4, -0.2) is 13.2 Å². The Morgan fingerprint density at radius 3 is 2.41 bits per heavy atom. The molecule has 0 radical (unpaired) electrons. The molecule has 1 rings (SSSR count). The molecular formula is C14H22FNO. The number of methoxy groups -OCH3 is 1. The topological polar surface area (TPSA) is 21.3 Å². The zero-order valence-electron chi connectivity index (χ0n) is 11.1. The van der Waals surface area contributed by atoms with Crippen molar-refractivity contribution in [2.75, 3.05) is 7.11 Å². The van der Waals surface area contributed by atoms with Crippen LogP contribution in [0.2, 0.25) is 0 Å². The lowest BCUT2D eigenvalue weighted by molar-refractivity contribution is 0.404. The third kappa shape index (κ3) is 3.70. The summed E-state index contributed by atoms with van der Waals surface area (Å²) in [5, 5.41) is 3.43. The fraction of sp³-hybridized carbons (Fsp3) is 0.571. The number of hydrogen-bond acceptors (Lipinski definition) is 2. The fourth-order valence-corrected chi connectivity index (χ4v) is 1.95. The monoisotopic (exact) mass is 239 g/mol. The van der Waals surface area contributed by atoms with E-state index in [2.05, 4.69) is 19.2 Å². The zero-order valence-corrected chi connectivity index (χ0v) is 11.1. The Hall–Kier alpha value is -1.09. The maximum absolute atomic E-state index is 13.8. The van der Waals surface area contributed by atoms with Gasteiger partial charge in [-0.3, -0.25) is 0 Å². The van der Waals surface area contributed by atoms with E-state index < -0.39 is 0 Å². The van der Waals surface area contributed by atoms with Crippen molar-refractivity contribution in [3.63, 3.8) is 0 Å². The number of rotatable bonds is 6. The van der Waals surface area contributed by atoms with E-state index >= 15 is 0 Å². The normalized spacial score (nSPS) is 12.8. The molecule has 0 heterocycles. The van der Waals surface area contributed by atoms with Crippen molar-refractivity contribution in [1.29, 1.82) is 0 Å². The van der Waals surface area contributed by atoms with Gasteiger partial charge >= 0.3 is 0 Å². The molecule has 1 aromatic rings. The summed E-state index contributed by atoms with van der Waals surface area (Å²) in [6.07, 6.45) is 2.11. The van der Waals surface area contributed by atoms with E-state index in [-0.39, 0.29) is 11.9 Å². The molecule has 0 bridgehead atoms. The lowest BCUT2D eigenvalue weighted by Gasteiger charge is -2.22. The van der Waals surface area contributed by atoms with Crippen LogP contribution in [0.4, 0.5) is 4.39 Å². The highest BCUT2D eigenvalue weighted by molar-refractivity contribution is 5.30. The van der Waals surface area contributed by atoms with Crippen molar-refractivity contribution < 1.29 is 9.13 Å². The molecule has 0 amide bonds. The van der Waals surface area contributed by atoms with Crippen molar-refractivity contribution in [3.05, 3.63) is 29.6 Å². The van der Waals surface area contributed by atoms with E-state index in [4.69, 9.17) is 4.74 Å². The maximum Gasteiger partial charge on any atom is 0.131 e. The minimum atomic E-state index is -0.213. The Balaban J connectivity index is 2.78. The third-order valence-electron chi connectivity index (χ3n) is 3.15. The van der Waals surface area contributed by atoms with Gasteiger partial charge in [-0.1, -0.05) is 19.9 Å². The second-order valence-electron chi connectivity index (χ2n) is 4.29. The average molecular weight is 239 g/mol. The van der Waals surface area contributed by atoms with E-state index in [0.29, 0.717) is 17.4 Å². The van der Waals surface area contributed by atoms with E-state index in [1.807, 2.05) is 6.92 Å². The van der Waals surface area contributed by atoms with Crippen LogP contribution in [0.15, 0.2) is 18.2 Å². The third-order valence-corrected chi connectivity index (χ3v) is 3.15. The summed E-state index contributed by atoms with van der Waals surface area (Å²) < 4.78 is 18.8. The summed E-state index contributed by atoms with van der Waals surface area (Å²) in [5.41, 5.74) is 0.692. The summed E-state index contributed by atoms with van der Waals surface area (Å²) in [7, 11) is 1.54. The predicted molar refractivity (Wildman–Crippen MR) is 68.9 cm³/mol. The highest BCUT2D eigenvalue weighted by Gasteiger charge is 2.14. The molecule has 2 nitrogen and oxygen atoms in total. The number of hydrogen-bond donors (Lipinski definition) is 1. The second-order valence-corrected chi connectivity index (χ2v) is 4.29. The number of halogens is 1. The fourth-order valence-electron chi connectivity index (χ4n) is 1.95. The molecule has 0 saturated heterocycles. The second kappa shape index (κ2) is 6.60. The Morgan fingerprint density at radius 2 is 1.94 bits per heavy atom. The number of ether oxygens (including phenoxy) is 1.